The molecule has 25 heavy (non-hydrogen) atoms. The van der Waals surface area contributed by atoms with Crippen molar-refractivity contribution in [1.82, 2.24) is 24.5 Å². The molecule has 2 aromatic heterocycles. The average molecular weight is 380 g/mol. The second kappa shape index (κ2) is 6.52. The Morgan fingerprint density at radius 3 is 2.84 bits per heavy atom. The zero-order chi connectivity index (χ0) is 17.6. The quantitative estimate of drug-likeness (QED) is 0.630. The number of hydrogen-bond acceptors (Lipinski definition) is 4. The number of benzene rings is 1. The molecule has 8 heteroatoms. The topological polar surface area (TPSA) is 46.3 Å². The van der Waals surface area contributed by atoms with Crippen molar-refractivity contribution < 1.29 is 4.39 Å². The summed E-state index contributed by atoms with van der Waals surface area (Å²) in [5.74, 6) is 0.111. The molecule has 0 N–H and O–H groups in total. The average Bonchev–Trinajstić information content (AvgIpc) is 3.02. The molecule has 0 radical (unpaired) electrons. The second-order valence-corrected chi connectivity index (χ2v) is 7.10. The Kier molecular flexibility index (Phi) is 4.35. The molecule has 1 saturated heterocycles. The van der Waals surface area contributed by atoms with E-state index in [1.807, 2.05) is 0 Å². The van der Waals surface area contributed by atoms with Gasteiger partial charge in [-0.1, -0.05) is 29.3 Å². The predicted molar refractivity (Wildman–Crippen MR) is 95.7 cm³/mol. The number of likely N-dealkylation sites (tertiary alicyclic amines) is 1. The van der Waals surface area contributed by atoms with Gasteiger partial charge in [-0.2, -0.15) is 15.1 Å². The lowest BCUT2D eigenvalue weighted by molar-refractivity contribution is 0.247. The van der Waals surface area contributed by atoms with Crippen LogP contribution in [0.2, 0.25) is 10.2 Å². The fraction of sp³-hybridized carbons (Fsp3) is 0.353. The van der Waals surface area contributed by atoms with E-state index in [0.717, 1.165) is 31.6 Å². The van der Waals surface area contributed by atoms with Crippen LogP contribution in [0.3, 0.4) is 0 Å². The summed E-state index contributed by atoms with van der Waals surface area (Å²) in [5.41, 5.74) is 1.58. The van der Waals surface area contributed by atoms with E-state index in [-0.39, 0.29) is 16.6 Å². The zero-order valence-corrected chi connectivity index (χ0v) is 15.1. The van der Waals surface area contributed by atoms with E-state index in [2.05, 4.69) is 27.0 Å². The van der Waals surface area contributed by atoms with Gasteiger partial charge in [0.1, 0.15) is 17.3 Å². The molecule has 0 spiro atoms. The van der Waals surface area contributed by atoms with Gasteiger partial charge < -0.3 is 4.90 Å². The molecule has 1 aromatic carbocycles. The first-order chi connectivity index (χ1) is 12.1. The number of likely N-dealkylation sites (N-methyl/N-ethyl adjacent to an activating group) is 1. The van der Waals surface area contributed by atoms with Crippen LogP contribution in [0, 0.1) is 5.82 Å². The predicted octanol–water partition coefficient (Wildman–Crippen LogP) is 4.05. The van der Waals surface area contributed by atoms with Gasteiger partial charge in [0.15, 0.2) is 0 Å². The van der Waals surface area contributed by atoms with Crippen LogP contribution in [-0.4, -0.2) is 44.6 Å². The number of hydrogen-bond donors (Lipinski definition) is 0. The summed E-state index contributed by atoms with van der Waals surface area (Å²) >= 11 is 12.8. The Morgan fingerprint density at radius 1 is 1.24 bits per heavy atom. The molecular formula is C17H16Cl2FN5. The molecule has 0 aliphatic carbocycles. The molecule has 130 valence electrons. The molecule has 3 heterocycles. The van der Waals surface area contributed by atoms with Gasteiger partial charge in [-0.05, 0) is 38.6 Å². The van der Waals surface area contributed by atoms with Crippen molar-refractivity contribution in [3.63, 3.8) is 0 Å². The first-order valence-electron chi connectivity index (χ1n) is 8.08. The molecular weight excluding hydrogens is 364 g/mol. The molecule has 4 rings (SSSR count). The summed E-state index contributed by atoms with van der Waals surface area (Å²) in [7, 11) is 2.07. The van der Waals surface area contributed by atoms with Crippen LogP contribution in [0.4, 0.5) is 4.39 Å². The maximum absolute atomic E-state index is 14.6. The number of halogens is 3. The Hall–Kier alpha value is -1.76. The van der Waals surface area contributed by atoms with Crippen molar-refractivity contribution >= 4 is 29.0 Å². The fourth-order valence-corrected chi connectivity index (χ4v) is 4.10. The summed E-state index contributed by atoms with van der Waals surface area (Å²) in [6, 6.07) is 4.60. The standard InChI is InChI=1S/C17H16Cl2FN5/c1-24-7-3-4-10(8-24)15-14(13-11(18)5-2-6-12(13)20)16(19)23-17-21-9-22-25(15)17/h2,5-6,9-10H,3-4,7-8H2,1H3. The first-order valence-corrected chi connectivity index (χ1v) is 8.84. The third kappa shape index (κ3) is 2.88. The van der Waals surface area contributed by atoms with Gasteiger partial charge in [-0.3, -0.25) is 0 Å². The normalized spacial score (nSPS) is 18.8. The molecule has 1 atom stereocenters. The first kappa shape index (κ1) is 16.7. The minimum atomic E-state index is -0.430. The van der Waals surface area contributed by atoms with Gasteiger partial charge in [0, 0.05) is 23.6 Å². The summed E-state index contributed by atoms with van der Waals surface area (Å²) in [5, 5.41) is 4.80. The van der Waals surface area contributed by atoms with Crippen molar-refractivity contribution in [2.24, 2.45) is 0 Å². The lowest BCUT2D eigenvalue weighted by atomic mass is 9.90. The van der Waals surface area contributed by atoms with E-state index in [0.29, 0.717) is 16.4 Å². The lowest BCUT2D eigenvalue weighted by Gasteiger charge is -2.31. The van der Waals surface area contributed by atoms with E-state index < -0.39 is 5.82 Å². The van der Waals surface area contributed by atoms with Crippen LogP contribution in [0.25, 0.3) is 16.9 Å². The molecule has 1 aliphatic rings. The van der Waals surface area contributed by atoms with Crippen LogP contribution in [0.1, 0.15) is 24.5 Å². The largest absolute Gasteiger partial charge is 0.306 e. The highest BCUT2D eigenvalue weighted by Crippen LogP contribution is 2.41. The third-order valence-corrected chi connectivity index (χ3v) is 5.23. The highest BCUT2D eigenvalue weighted by atomic mass is 35.5. The minimum absolute atomic E-state index is 0.133. The molecule has 5 nitrogen and oxygen atoms in total. The SMILES string of the molecule is CN1CCCC(c2c(-c3c(F)cccc3Cl)c(Cl)nc3ncnn23)C1. The number of rotatable bonds is 2. The molecule has 0 bridgehead atoms. The van der Waals surface area contributed by atoms with Crippen molar-refractivity contribution in [1.29, 1.82) is 0 Å². The molecule has 3 aromatic rings. The van der Waals surface area contributed by atoms with Gasteiger partial charge in [-0.25, -0.2) is 8.91 Å². The number of piperidine rings is 1. The third-order valence-electron chi connectivity index (χ3n) is 4.64. The van der Waals surface area contributed by atoms with E-state index in [9.17, 15) is 4.39 Å². The number of aromatic nitrogens is 4. The number of nitrogens with zero attached hydrogens (tertiary/aromatic N) is 5. The number of fused-ring (bicyclic) bond motifs is 1. The lowest BCUT2D eigenvalue weighted by Crippen LogP contribution is -2.32. The summed E-state index contributed by atoms with van der Waals surface area (Å²) in [6.07, 6.45) is 3.43. The summed E-state index contributed by atoms with van der Waals surface area (Å²) in [4.78, 5) is 10.7. The molecule has 1 unspecified atom stereocenters. The fourth-order valence-electron chi connectivity index (χ4n) is 3.57. The van der Waals surface area contributed by atoms with Gasteiger partial charge in [0.05, 0.1) is 10.7 Å². The van der Waals surface area contributed by atoms with Crippen molar-refractivity contribution in [3.05, 3.63) is 46.2 Å². The molecule has 1 fully saturated rings. The zero-order valence-electron chi connectivity index (χ0n) is 13.6. The maximum Gasteiger partial charge on any atom is 0.253 e. The summed E-state index contributed by atoms with van der Waals surface area (Å²) in [6.45, 7) is 1.86. The Labute approximate surface area is 154 Å². The second-order valence-electron chi connectivity index (χ2n) is 6.33. The molecule has 1 aliphatic heterocycles. The van der Waals surface area contributed by atoms with Crippen LogP contribution in [-0.2, 0) is 0 Å². The minimum Gasteiger partial charge on any atom is -0.306 e. The van der Waals surface area contributed by atoms with Crippen LogP contribution < -0.4 is 0 Å². The Balaban J connectivity index is 2.03. The molecule has 0 saturated carbocycles. The van der Waals surface area contributed by atoms with E-state index in [1.165, 1.54) is 12.4 Å². The highest BCUT2D eigenvalue weighted by Gasteiger charge is 2.29. The van der Waals surface area contributed by atoms with Crippen LogP contribution in [0.5, 0.6) is 0 Å². The highest BCUT2D eigenvalue weighted by molar-refractivity contribution is 6.36. The monoisotopic (exact) mass is 379 g/mol. The Bertz CT molecular complexity index is 922. The maximum atomic E-state index is 14.6. The van der Waals surface area contributed by atoms with Gasteiger partial charge in [0.2, 0.25) is 0 Å². The van der Waals surface area contributed by atoms with Crippen molar-refractivity contribution in [3.8, 4) is 11.1 Å². The smallest absolute Gasteiger partial charge is 0.253 e. The van der Waals surface area contributed by atoms with Crippen LogP contribution in [0.15, 0.2) is 24.5 Å². The van der Waals surface area contributed by atoms with E-state index >= 15 is 0 Å². The van der Waals surface area contributed by atoms with Gasteiger partial charge in [0.25, 0.3) is 5.78 Å². The summed E-state index contributed by atoms with van der Waals surface area (Å²) < 4.78 is 16.3. The van der Waals surface area contributed by atoms with Gasteiger partial charge in [-0.15, -0.1) is 0 Å². The van der Waals surface area contributed by atoms with E-state index in [4.69, 9.17) is 23.2 Å². The van der Waals surface area contributed by atoms with Crippen LogP contribution >= 0.6 is 23.2 Å². The van der Waals surface area contributed by atoms with Crippen molar-refractivity contribution in [2.45, 2.75) is 18.8 Å². The molecule has 0 amide bonds. The van der Waals surface area contributed by atoms with E-state index in [1.54, 1.807) is 16.6 Å². The van der Waals surface area contributed by atoms with Crippen molar-refractivity contribution in [2.75, 3.05) is 20.1 Å². The van der Waals surface area contributed by atoms with Gasteiger partial charge >= 0.3 is 0 Å². The Morgan fingerprint density at radius 2 is 2.08 bits per heavy atom.